The van der Waals surface area contributed by atoms with Gasteiger partial charge in [0.25, 0.3) is 0 Å². The number of rotatable bonds is 6. The summed E-state index contributed by atoms with van der Waals surface area (Å²) in [4.78, 5) is -0.343. The third-order valence-corrected chi connectivity index (χ3v) is 7.32. The monoisotopic (exact) mass is 507 g/mol. The summed E-state index contributed by atoms with van der Waals surface area (Å²) < 4.78 is 58.3. The second-order valence-electron chi connectivity index (χ2n) is 9.08. The Kier molecular flexibility index (Phi) is 8.39. The van der Waals surface area contributed by atoms with Gasteiger partial charge in [0.2, 0.25) is 0 Å². The van der Waals surface area contributed by atoms with Crippen LogP contribution in [0.4, 0.5) is 17.6 Å². The van der Waals surface area contributed by atoms with Crippen LogP contribution >= 0.6 is 11.8 Å². The molecule has 1 aliphatic carbocycles. The summed E-state index contributed by atoms with van der Waals surface area (Å²) in [6.07, 6.45) is 6.80. The SMILES string of the molecule is CCCCCC1CCc2c(cc(F)c(C#Cc3ccc(-c4cc(F)c(SC#N)c(F)c4)cc3)c2F)C1. The van der Waals surface area contributed by atoms with Gasteiger partial charge in [-0.25, -0.2) is 17.6 Å². The number of thiocyanates is 1. The Labute approximate surface area is 213 Å². The molecular weight excluding hydrogens is 482 g/mol. The van der Waals surface area contributed by atoms with Crippen molar-refractivity contribution in [3.05, 3.63) is 88.0 Å². The lowest BCUT2D eigenvalue weighted by atomic mass is 9.80. The van der Waals surface area contributed by atoms with Crippen molar-refractivity contribution in [2.75, 3.05) is 0 Å². The average molecular weight is 508 g/mol. The molecule has 3 aromatic rings. The molecule has 0 aromatic heterocycles. The molecule has 184 valence electrons. The van der Waals surface area contributed by atoms with Gasteiger partial charge in [0, 0.05) is 5.56 Å². The fourth-order valence-corrected chi connectivity index (χ4v) is 5.12. The molecule has 0 amide bonds. The minimum Gasteiger partial charge on any atom is -0.206 e. The average Bonchev–Trinajstić information content (AvgIpc) is 2.86. The van der Waals surface area contributed by atoms with Crippen LogP contribution in [0.1, 0.15) is 61.3 Å². The maximum atomic E-state index is 15.2. The lowest BCUT2D eigenvalue weighted by Gasteiger charge is -2.25. The summed E-state index contributed by atoms with van der Waals surface area (Å²) in [5.74, 6) is 3.08. The van der Waals surface area contributed by atoms with Crippen LogP contribution in [0.5, 0.6) is 0 Å². The quantitative estimate of drug-likeness (QED) is 0.110. The van der Waals surface area contributed by atoms with E-state index in [0.717, 1.165) is 43.4 Å². The smallest absolute Gasteiger partial charge is 0.145 e. The van der Waals surface area contributed by atoms with Gasteiger partial charge in [0.1, 0.15) is 28.7 Å². The van der Waals surface area contributed by atoms with Crippen molar-refractivity contribution in [2.24, 2.45) is 5.92 Å². The van der Waals surface area contributed by atoms with Crippen LogP contribution in [0.25, 0.3) is 11.1 Å². The first kappa shape index (κ1) is 25.9. The van der Waals surface area contributed by atoms with E-state index in [1.807, 2.05) is 0 Å². The minimum absolute atomic E-state index is 0.225. The molecule has 0 radical (unpaired) electrons. The fraction of sp³-hybridized carbons (Fsp3) is 0.300. The zero-order valence-electron chi connectivity index (χ0n) is 19.9. The molecule has 0 spiro atoms. The standard InChI is InChI=1S/C30H25F4NS/c1-2-3-4-5-20-9-12-24-23(14-20)17-26(31)25(29(24)34)13-8-19-6-10-21(11-7-19)22-15-27(32)30(36-18-35)28(33)16-22/h6-7,10-11,15-17,20H,2-5,9,12,14H2,1H3. The highest BCUT2D eigenvalue weighted by molar-refractivity contribution is 8.03. The predicted octanol–water partition coefficient (Wildman–Crippen LogP) is 8.57. The largest absolute Gasteiger partial charge is 0.206 e. The van der Waals surface area contributed by atoms with Gasteiger partial charge < -0.3 is 0 Å². The number of nitrogens with zero attached hydrogens (tertiary/aromatic N) is 1. The van der Waals surface area contributed by atoms with Gasteiger partial charge in [-0.2, -0.15) is 5.26 Å². The lowest BCUT2D eigenvalue weighted by Crippen LogP contribution is -2.17. The van der Waals surface area contributed by atoms with Gasteiger partial charge in [0.15, 0.2) is 0 Å². The van der Waals surface area contributed by atoms with Crippen molar-refractivity contribution < 1.29 is 17.6 Å². The van der Waals surface area contributed by atoms with Crippen LogP contribution < -0.4 is 0 Å². The van der Waals surface area contributed by atoms with Crippen molar-refractivity contribution in [1.82, 2.24) is 0 Å². The van der Waals surface area contributed by atoms with E-state index in [9.17, 15) is 13.2 Å². The molecule has 0 heterocycles. The summed E-state index contributed by atoms with van der Waals surface area (Å²) in [5, 5.41) is 10.3. The second-order valence-corrected chi connectivity index (χ2v) is 9.87. The van der Waals surface area contributed by atoms with Crippen LogP contribution in [-0.2, 0) is 12.8 Å². The van der Waals surface area contributed by atoms with Gasteiger partial charge in [-0.3, -0.25) is 0 Å². The molecule has 4 rings (SSSR count). The number of unbranched alkanes of at least 4 members (excludes halogenated alkanes) is 2. The summed E-state index contributed by atoms with van der Waals surface area (Å²) in [6.45, 7) is 2.16. The van der Waals surface area contributed by atoms with Crippen LogP contribution in [0.2, 0.25) is 0 Å². The first-order valence-electron chi connectivity index (χ1n) is 12.1. The second kappa shape index (κ2) is 11.7. The number of hydrogen-bond acceptors (Lipinski definition) is 2. The predicted molar refractivity (Wildman–Crippen MR) is 135 cm³/mol. The molecule has 0 saturated heterocycles. The summed E-state index contributed by atoms with van der Waals surface area (Å²) >= 11 is 0.430. The van der Waals surface area contributed by atoms with E-state index >= 15 is 4.39 Å². The molecule has 1 unspecified atom stereocenters. The maximum Gasteiger partial charge on any atom is 0.145 e. The third-order valence-electron chi connectivity index (χ3n) is 6.64. The Morgan fingerprint density at radius 3 is 2.31 bits per heavy atom. The molecular formula is C30H25F4NS. The molecule has 0 saturated carbocycles. The maximum absolute atomic E-state index is 15.2. The van der Waals surface area contributed by atoms with Crippen LogP contribution in [0.15, 0.2) is 47.4 Å². The Bertz CT molecular complexity index is 1340. The summed E-state index contributed by atoms with van der Waals surface area (Å²) in [6, 6.07) is 10.3. The summed E-state index contributed by atoms with van der Waals surface area (Å²) in [7, 11) is 0. The highest BCUT2D eigenvalue weighted by Crippen LogP contribution is 2.33. The van der Waals surface area contributed by atoms with Crippen molar-refractivity contribution in [3.8, 4) is 28.4 Å². The fourth-order valence-electron chi connectivity index (χ4n) is 4.72. The van der Waals surface area contributed by atoms with E-state index in [1.54, 1.807) is 29.7 Å². The molecule has 0 bridgehead atoms. The highest BCUT2D eigenvalue weighted by atomic mass is 32.2. The molecule has 1 nitrogen and oxygen atoms in total. The van der Waals surface area contributed by atoms with E-state index in [2.05, 4.69) is 18.8 Å². The number of thioether (sulfide) groups is 1. The number of hydrogen-bond donors (Lipinski definition) is 0. The van der Waals surface area contributed by atoms with Crippen LogP contribution in [0, 0.1) is 51.7 Å². The number of fused-ring (bicyclic) bond motifs is 1. The molecule has 3 aromatic carbocycles. The zero-order valence-corrected chi connectivity index (χ0v) is 20.8. The van der Waals surface area contributed by atoms with Gasteiger partial charge in [-0.15, -0.1) is 0 Å². The number of halogens is 4. The topological polar surface area (TPSA) is 23.8 Å². The van der Waals surface area contributed by atoms with E-state index in [-0.39, 0.29) is 10.5 Å². The zero-order chi connectivity index (χ0) is 25.7. The molecule has 6 heteroatoms. The van der Waals surface area contributed by atoms with Crippen molar-refractivity contribution >= 4 is 11.8 Å². The van der Waals surface area contributed by atoms with Crippen molar-refractivity contribution in [1.29, 1.82) is 5.26 Å². The van der Waals surface area contributed by atoms with Crippen LogP contribution in [0.3, 0.4) is 0 Å². The number of benzene rings is 3. The van der Waals surface area contributed by atoms with E-state index in [0.29, 0.717) is 52.8 Å². The van der Waals surface area contributed by atoms with Gasteiger partial charge in [0.05, 0.1) is 10.5 Å². The van der Waals surface area contributed by atoms with Gasteiger partial charge in [-0.1, -0.05) is 56.6 Å². The third kappa shape index (κ3) is 5.77. The van der Waals surface area contributed by atoms with Gasteiger partial charge >= 0.3 is 0 Å². The number of nitriles is 1. The van der Waals surface area contributed by atoms with Crippen molar-refractivity contribution in [2.45, 2.75) is 56.8 Å². The molecule has 36 heavy (non-hydrogen) atoms. The molecule has 0 fully saturated rings. The molecule has 0 aliphatic heterocycles. The Hall–Kier alpha value is -3.22. The molecule has 0 N–H and O–H groups in total. The molecule has 1 aliphatic rings. The Balaban J connectivity index is 1.53. The van der Waals surface area contributed by atoms with Gasteiger partial charge in [-0.05, 0) is 89.5 Å². The Morgan fingerprint density at radius 2 is 1.64 bits per heavy atom. The van der Waals surface area contributed by atoms with Crippen LogP contribution in [-0.4, -0.2) is 0 Å². The minimum atomic E-state index is -0.814. The van der Waals surface area contributed by atoms with E-state index in [1.165, 1.54) is 12.5 Å². The summed E-state index contributed by atoms with van der Waals surface area (Å²) in [5.41, 5.74) is 2.48. The first-order chi connectivity index (χ1) is 17.4. The molecule has 1 atom stereocenters. The van der Waals surface area contributed by atoms with E-state index < -0.39 is 23.3 Å². The van der Waals surface area contributed by atoms with Crippen molar-refractivity contribution in [3.63, 3.8) is 0 Å². The Morgan fingerprint density at radius 1 is 0.917 bits per heavy atom. The normalized spacial score (nSPS) is 14.5. The highest BCUT2D eigenvalue weighted by Gasteiger charge is 2.24. The lowest BCUT2D eigenvalue weighted by molar-refractivity contribution is 0.399. The first-order valence-corrected chi connectivity index (χ1v) is 12.9. The van der Waals surface area contributed by atoms with E-state index in [4.69, 9.17) is 5.26 Å².